The average molecular weight is 194 g/mol. The van der Waals surface area contributed by atoms with E-state index in [-0.39, 0.29) is 6.61 Å². The Hall–Kier alpha value is -1.00. The summed E-state index contributed by atoms with van der Waals surface area (Å²) in [4.78, 5) is 8.71. The highest BCUT2D eigenvalue weighted by atomic mass is 16.5. The maximum absolute atomic E-state index is 8.91. The number of rotatable bonds is 2. The molecule has 14 heavy (non-hydrogen) atoms. The molecule has 0 fully saturated rings. The molecular weight excluding hydrogens is 180 g/mol. The lowest BCUT2D eigenvalue weighted by Gasteiger charge is -2.18. The summed E-state index contributed by atoms with van der Waals surface area (Å²) >= 11 is 0. The number of ether oxygens (including phenoxy) is 1. The Morgan fingerprint density at radius 3 is 3.07 bits per heavy atom. The molecule has 0 bridgehead atoms. The molecule has 1 aromatic heterocycles. The zero-order valence-electron chi connectivity index (χ0n) is 8.29. The minimum Gasteiger partial charge on any atom is -0.396 e. The van der Waals surface area contributed by atoms with Crippen LogP contribution in [0.3, 0.4) is 0 Å². The van der Waals surface area contributed by atoms with E-state index in [1.165, 1.54) is 0 Å². The summed E-state index contributed by atoms with van der Waals surface area (Å²) in [6.07, 6.45) is 1.45. The van der Waals surface area contributed by atoms with Crippen molar-refractivity contribution in [2.24, 2.45) is 0 Å². The molecule has 0 aliphatic carbocycles. The third-order valence-corrected chi connectivity index (χ3v) is 2.37. The fraction of sp³-hybridized carbons (Fsp3) is 0.600. The Labute approximate surface area is 83.0 Å². The minimum absolute atomic E-state index is 0.128. The lowest BCUT2D eigenvalue weighted by molar-refractivity contribution is 0.107. The number of aliphatic hydroxyl groups is 1. The molecule has 1 aliphatic rings. The molecule has 0 amide bonds. The fourth-order valence-electron chi connectivity index (χ4n) is 1.75. The summed E-state index contributed by atoms with van der Waals surface area (Å²) in [7, 11) is 0. The van der Waals surface area contributed by atoms with Gasteiger partial charge in [-0.2, -0.15) is 0 Å². The van der Waals surface area contributed by atoms with Gasteiger partial charge in [0.05, 0.1) is 24.6 Å². The molecule has 2 rings (SSSR count). The summed E-state index contributed by atoms with van der Waals surface area (Å²) in [5, 5.41) is 8.91. The summed E-state index contributed by atoms with van der Waals surface area (Å²) in [5.74, 6) is 0.786. The topological polar surface area (TPSA) is 55.2 Å². The number of aliphatic hydroxyl groups excluding tert-OH is 1. The molecule has 0 saturated carbocycles. The second-order valence-electron chi connectivity index (χ2n) is 3.42. The average Bonchev–Trinajstić information content (AvgIpc) is 2.18. The van der Waals surface area contributed by atoms with Crippen molar-refractivity contribution < 1.29 is 9.84 Å². The van der Waals surface area contributed by atoms with Crippen LogP contribution in [0.25, 0.3) is 0 Å². The first-order chi connectivity index (χ1) is 6.81. The Morgan fingerprint density at radius 2 is 2.29 bits per heavy atom. The summed E-state index contributed by atoms with van der Waals surface area (Å²) in [6.45, 7) is 3.34. The van der Waals surface area contributed by atoms with Gasteiger partial charge < -0.3 is 9.84 Å². The summed E-state index contributed by atoms with van der Waals surface area (Å²) < 4.78 is 5.36. The normalized spacial score (nSPS) is 15.3. The van der Waals surface area contributed by atoms with E-state index in [9.17, 15) is 0 Å². The highest BCUT2D eigenvalue weighted by Crippen LogP contribution is 2.18. The molecule has 4 nitrogen and oxygen atoms in total. The van der Waals surface area contributed by atoms with Crippen molar-refractivity contribution in [3.05, 3.63) is 22.8 Å². The highest BCUT2D eigenvalue weighted by molar-refractivity contribution is 5.27. The molecule has 76 valence electrons. The first-order valence-corrected chi connectivity index (χ1v) is 4.85. The molecule has 1 aromatic rings. The third-order valence-electron chi connectivity index (χ3n) is 2.37. The zero-order chi connectivity index (χ0) is 9.97. The largest absolute Gasteiger partial charge is 0.396 e. The second kappa shape index (κ2) is 4.02. The van der Waals surface area contributed by atoms with Gasteiger partial charge in [-0.3, -0.25) is 0 Å². The SMILES string of the molecule is Cc1nc(CCO)c2c(n1)CCOC2. The van der Waals surface area contributed by atoms with Gasteiger partial charge >= 0.3 is 0 Å². The van der Waals surface area contributed by atoms with Crippen molar-refractivity contribution in [3.63, 3.8) is 0 Å². The minimum atomic E-state index is 0.128. The van der Waals surface area contributed by atoms with Gasteiger partial charge in [-0.05, 0) is 6.92 Å². The zero-order valence-corrected chi connectivity index (χ0v) is 8.29. The van der Waals surface area contributed by atoms with E-state index in [0.29, 0.717) is 13.0 Å². The Bertz CT molecular complexity index is 339. The molecule has 4 heteroatoms. The van der Waals surface area contributed by atoms with Crippen molar-refractivity contribution in [3.8, 4) is 0 Å². The van der Waals surface area contributed by atoms with Gasteiger partial charge in [-0.15, -0.1) is 0 Å². The van der Waals surface area contributed by atoms with E-state index in [0.717, 1.165) is 35.8 Å². The van der Waals surface area contributed by atoms with E-state index in [4.69, 9.17) is 9.84 Å². The van der Waals surface area contributed by atoms with Gasteiger partial charge in [0.25, 0.3) is 0 Å². The fourth-order valence-corrected chi connectivity index (χ4v) is 1.75. The Balaban J connectivity index is 2.41. The molecule has 2 heterocycles. The van der Waals surface area contributed by atoms with Crippen molar-refractivity contribution in [2.45, 2.75) is 26.4 Å². The van der Waals surface area contributed by atoms with Gasteiger partial charge in [0.2, 0.25) is 0 Å². The first-order valence-electron chi connectivity index (χ1n) is 4.85. The van der Waals surface area contributed by atoms with Crippen LogP contribution in [0, 0.1) is 6.92 Å². The monoisotopic (exact) mass is 194 g/mol. The lowest BCUT2D eigenvalue weighted by Crippen LogP contribution is -2.17. The van der Waals surface area contributed by atoms with E-state index < -0.39 is 0 Å². The molecule has 0 saturated heterocycles. The first kappa shape index (κ1) is 9.55. The number of aryl methyl sites for hydroxylation is 1. The molecule has 1 aliphatic heterocycles. The molecular formula is C10H14N2O2. The van der Waals surface area contributed by atoms with Crippen LogP contribution in [0.1, 0.15) is 22.8 Å². The number of nitrogens with zero attached hydrogens (tertiary/aromatic N) is 2. The van der Waals surface area contributed by atoms with Crippen molar-refractivity contribution >= 4 is 0 Å². The standard InChI is InChI=1S/C10H14N2O2/c1-7-11-9(2-4-13)8-6-14-5-3-10(8)12-7/h13H,2-6H2,1H3. The van der Waals surface area contributed by atoms with Gasteiger partial charge in [-0.25, -0.2) is 9.97 Å². The number of fused-ring (bicyclic) bond motifs is 1. The maximum Gasteiger partial charge on any atom is 0.125 e. The van der Waals surface area contributed by atoms with Crippen molar-refractivity contribution in [1.82, 2.24) is 9.97 Å². The smallest absolute Gasteiger partial charge is 0.125 e. The number of hydrogen-bond donors (Lipinski definition) is 1. The molecule has 0 radical (unpaired) electrons. The number of aromatic nitrogens is 2. The van der Waals surface area contributed by atoms with Crippen LogP contribution in [0.15, 0.2) is 0 Å². The molecule has 0 atom stereocenters. The van der Waals surface area contributed by atoms with Crippen LogP contribution < -0.4 is 0 Å². The van der Waals surface area contributed by atoms with Gasteiger partial charge in [0.1, 0.15) is 5.82 Å². The predicted molar refractivity (Wildman–Crippen MR) is 50.9 cm³/mol. The van der Waals surface area contributed by atoms with Crippen LogP contribution in [0.5, 0.6) is 0 Å². The van der Waals surface area contributed by atoms with Gasteiger partial charge in [0, 0.05) is 25.0 Å². The van der Waals surface area contributed by atoms with Crippen LogP contribution >= 0.6 is 0 Å². The van der Waals surface area contributed by atoms with Crippen LogP contribution in [-0.4, -0.2) is 28.3 Å². The summed E-state index contributed by atoms with van der Waals surface area (Å²) in [5.41, 5.74) is 3.11. The second-order valence-corrected chi connectivity index (χ2v) is 3.42. The van der Waals surface area contributed by atoms with Gasteiger partial charge in [-0.1, -0.05) is 0 Å². The van der Waals surface area contributed by atoms with Gasteiger partial charge in [0.15, 0.2) is 0 Å². The van der Waals surface area contributed by atoms with Crippen molar-refractivity contribution in [2.75, 3.05) is 13.2 Å². The molecule has 0 unspecified atom stereocenters. The Morgan fingerprint density at radius 1 is 1.43 bits per heavy atom. The van der Waals surface area contributed by atoms with E-state index in [2.05, 4.69) is 9.97 Å². The van der Waals surface area contributed by atoms with Crippen LogP contribution in [0.4, 0.5) is 0 Å². The quantitative estimate of drug-likeness (QED) is 0.740. The lowest BCUT2D eigenvalue weighted by atomic mass is 10.1. The molecule has 0 spiro atoms. The van der Waals surface area contributed by atoms with E-state index >= 15 is 0 Å². The third kappa shape index (κ3) is 1.76. The summed E-state index contributed by atoms with van der Waals surface area (Å²) in [6, 6.07) is 0. The van der Waals surface area contributed by atoms with E-state index in [1.807, 2.05) is 6.92 Å². The molecule has 0 aromatic carbocycles. The number of hydrogen-bond acceptors (Lipinski definition) is 4. The van der Waals surface area contributed by atoms with Crippen molar-refractivity contribution in [1.29, 1.82) is 0 Å². The van der Waals surface area contributed by atoms with Crippen LogP contribution in [-0.2, 0) is 24.2 Å². The molecule has 1 N–H and O–H groups in total. The Kier molecular flexibility index (Phi) is 2.74. The highest BCUT2D eigenvalue weighted by Gasteiger charge is 2.16. The van der Waals surface area contributed by atoms with E-state index in [1.54, 1.807) is 0 Å². The van der Waals surface area contributed by atoms with Crippen LogP contribution in [0.2, 0.25) is 0 Å². The predicted octanol–water partition coefficient (Wildman–Crippen LogP) is 0.393. The maximum atomic E-state index is 8.91.